The maximum absolute atomic E-state index is 11.8. The van der Waals surface area contributed by atoms with Gasteiger partial charge in [0.1, 0.15) is 5.56 Å². The zero-order chi connectivity index (χ0) is 13.7. The first-order valence-electron chi connectivity index (χ1n) is 5.28. The monoisotopic (exact) mass is 254 g/mol. The smallest absolute Gasteiger partial charge is 0.282 e. The lowest BCUT2D eigenvalue weighted by atomic mass is 10.1. The standard InChI is InChI=1S/C11H14N2O5/c1-7-3-2-4-9(13(17)18)10(7)11(16)12-5-8(15)6-14/h2-4,8,14-15H,5-6H2,1H3,(H,12,16). The molecule has 3 N–H and O–H groups in total. The van der Waals surface area contributed by atoms with Gasteiger partial charge in [-0.2, -0.15) is 0 Å². The number of nitrogens with one attached hydrogen (secondary N) is 1. The molecule has 0 bridgehead atoms. The van der Waals surface area contributed by atoms with Crippen molar-refractivity contribution in [2.75, 3.05) is 13.2 Å². The number of amides is 1. The maximum Gasteiger partial charge on any atom is 0.282 e. The summed E-state index contributed by atoms with van der Waals surface area (Å²) in [6.07, 6.45) is -1.09. The van der Waals surface area contributed by atoms with Crippen LogP contribution in [0.15, 0.2) is 18.2 Å². The van der Waals surface area contributed by atoms with Gasteiger partial charge in [-0.05, 0) is 12.5 Å². The van der Waals surface area contributed by atoms with Gasteiger partial charge >= 0.3 is 0 Å². The van der Waals surface area contributed by atoms with Gasteiger partial charge in [0, 0.05) is 12.6 Å². The van der Waals surface area contributed by atoms with E-state index in [-0.39, 0.29) is 17.8 Å². The zero-order valence-corrected chi connectivity index (χ0v) is 9.79. The second kappa shape index (κ2) is 6.08. The van der Waals surface area contributed by atoms with Crippen LogP contribution in [0.25, 0.3) is 0 Å². The van der Waals surface area contributed by atoms with Crippen LogP contribution in [0, 0.1) is 17.0 Å². The van der Waals surface area contributed by atoms with Gasteiger partial charge in [0.15, 0.2) is 0 Å². The predicted octanol–water partition coefficient (Wildman–Crippen LogP) is -0.0138. The van der Waals surface area contributed by atoms with Crippen LogP contribution in [-0.4, -0.2) is 40.3 Å². The van der Waals surface area contributed by atoms with Gasteiger partial charge in [-0.25, -0.2) is 0 Å². The number of carbonyl (C=O) groups is 1. The Morgan fingerprint density at radius 1 is 1.56 bits per heavy atom. The lowest BCUT2D eigenvalue weighted by Gasteiger charge is -2.10. The van der Waals surface area contributed by atoms with E-state index in [1.54, 1.807) is 13.0 Å². The Balaban J connectivity index is 2.94. The van der Waals surface area contributed by atoms with E-state index in [2.05, 4.69) is 5.32 Å². The summed E-state index contributed by atoms with van der Waals surface area (Å²) >= 11 is 0. The number of rotatable bonds is 5. The van der Waals surface area contributed by atoms with E-state index in [4.69, 9.17) is 10.2 Å². The molecule has 0 aliphatic heterocycles. The van der Waals surface area contributed by atoms with E-state index < -0.39 is 23.5 Å². The summed E-state index contributed by atoms with van der Waals surface area (Å²) in [5.41, 5.74) is 0.152. The average molecular weight is 254 g/mol. The number of hydrogen-bond donors (Lipinski definition) is 3. The number of aryl methyl sites for hydroxylation is 1. The molecule has 0 aliphatic rings. The van der Waals surface area contributed by atoms with Crippen molar-refractivity contribution < 1.29 is 19.9 Å². The molecule has 98 valence electrons. The molecule has 1 aromatic carbocycles. The second-order valence-corrected chi connectivity index (χ2v) is 3.77. The molecule has 0 spiro atoms. The topological polar surface area (TPSA) is 113 Å². The lowest BCUT2D eigenvalue weighted by molar-refractivity contribution is -0.385. The molecule has 0 aromatic heterocycles. The fourth-order valence-corrected chi connectivity index (χ4v) is 1.46. The minimum Gasteiger partial charge on any atom is -0.394 e. The Labute approximate surface area is 103 Å². The van der Waals surface area contributed by atoms with E-state index >= 15 is 0 Å². The summed E-state index contributed by atoms with van der Waals surface area (Å²) in [5.74, 6) is -0.646. The highest BCUT2D eigenvalue weighted by Gasteiger charge is 2.22. The van der Waals surface area contributed by atoms with Gasteiger partial charge in [-0.15, -0.1) is 0 Å². The molecule has 0 radical (unpaired) electrons. The number of aliphatic hydroxyl groups excluding tert-OH is 2. The summed E-state index contributed by atoms with van der Waals surface area (Å²) in [5, 5.41) is 30.9. The number of hydrogen-bond acceptors (Lipinski definition) is 5. The van der Waals surface area contributed by atoms with Gasteiger partial charge in [0.05, 0.1) is 17.6 Å². The van der Waals surface area contributed by atoms with Crippen molar-refractivity contribution in [1.29, 1.82) is 0 Å². The molecule has 1 amide bonds. The SMILES string of the molecule is Cc1cccc([N+](=O)[O-])c1C(=O)NCC(O)CO. The average Bonchev–Trinajstić information content (AvgIpc) is 2.34. The molecule has 7 heteroatoms. The fourth-order valence-electron chi connectivity index (χ4n) is 1.46. The normalized spacial score (nSPS) is 11.9. The van der Waals surface area contributed by atoms with Crippen LogP contribution in [0.4, 0.5) is 5.69 Å². The number of aliphatic hydroxyl groups is 2. The highest BCUT2D eigenvalue weighted by Crippen LogP contribution is 2.21. The minimum absolute atomic E-state index is 0.0346. The third-order valence-electron chi connectivity index (χ3n) is 2.38. The summed E-state index contributed by atoms with van der Waals surface area (Å²) in [7, 11) is 0. The zero-order valence-electron chi connectivity index (χ0n) is 9.79. The first-order valence-corrected chi connectivity index (χ1v) is 5.28. The third kappa shape index (κ3) is 3.25. The van der Waals surface area contributed by atoms with Gasteiger partial charge in [0.2, 0.25) is 0 Å². The highest BCUT2D eigenvalue weighted by atomic mass is 16.6. The van der Waals surface area contributed by atoms with E-state index in [1.165, 1.54) is 12.1 Å². The van der Waals surface area contributed by atoms with E-state index in [9.17, 15) is 14.9 Å². The molecule has 0 saturated heterocycles. The van der Waals surface area contributed by atoms with Gasteiger partial charge in [-0.3, -0.25) is 14.9 Å². The number of carbonyl (C=O) groups excluding carboxylic acids is 1. The first-order chi connectivity index (χ1) is 8.47. The summed E-state index contributed by atoms with van der Waals surface area (Å²) in [6.45, 7) is 0.932. The molecule has 0 heterocycles. The van der Waals surface area contributed by atoms with Crippen molar-refractivity contribution in [1.82, 2.24) is 5.32 Å². The molecule has 18 heavy (non-hydrogen) atoms. The molecule has 7 nitrogen and oxygen atoms in total. The van der Waals surface area contributed by atoms with E-state index in [1.807, 2.05) is 0 Å². The molecule has 1 aromatic rings. The van der Waals surface area contributed by atoms with Crippen molar-refractivity contribution in [3.05, 3.63) is 39.4 Å². The number of benzene rings is 1. The molecular weight excluding hydrogens is 240 g/mol. The molecule has 0 fully saturated rings. The number of nitro benzene ring substituents is 1. The summed E-state index contributed by atoms with van der Waals surface area (Å²) in [4.78, 5) is 22.0. The van der Waals surface area contributed by atoms with Crippen molar-refractivity contribution in [2.24, 2.45) is 0 Å². The Hall–Kier alpha value is -1.99. The summed E-state index contributed by atoms with van der Waals surface area (Å²) < 4.78 is 0. The molecule has 1 rings (SSSR count). The Morgan fingerprint density at radius 3 is 2.78 bits per heavy atom. The fraction of sp³-hybridized carbons (Fsp3) is 0.364. The van der Waals surface area contributed by atoms with E-state index in [0.717, 1.165) is 0 Å². The third-order valence-corrected chi connectivity index (χ3v) is 2.38. The van der Waals surface area contributed by atoms with Crippen molar-refractivity contribution in [3.8, 4) is 0 Å². The molecule has 0 saturated carbocycles. The van der Waals surface area contributed by atoms with Crippen molar-refractivity contribution >= 4 is 11.6 Å². The first kappa shape index (κ1) is 14.1. The van der Waals surface area contributed by atoms with Gasteiger partial charge in [-0.1, -0.05) is 12.1 Å². The summed E-state index contributed by atoms with van der Waals surface area (Å²) in [6, 6.07) is 4.32. The second-order valence-electron chi connectivity index (χ2n) is 3.77. The molecule has 1 atom stereocenters. The van der Waals surface area contributed by atoms with Crippen LogP contribution in [0.2, 0.25) is 0 Å². The minimum atomic E-state index is -1.09. The molecular formula is C11H14N2O5. The van der Waals surface area contributed by atoms with E-state index in [0.29, 0.717) is 5.56 Å². The lowest BCUT2D eigenvalue weighted by Crippen LogP contribution is -2.34. The van der Waals surface area contributed by atoms with Gasteiger partial charge < -0.3 is 15.5 Å². The Kier molecular flexibility index (Phi) is 4.75. The molecule has 1 unspecified atom stereocenters. The Morgan fingerprint density at radius 2 is 2.22 bits per heavy atom. The van der Waals surface area contributed by atoms with Crippen LogP contribution in [0.5, 0.6) is 0 Å². The van der Waals surface area contributed by atoms with Crippen molar-refractivity contribution in [2.45, 2.75) is 13.0 Å². The largest absolute Gasteiger partial charge is 0.394 e. The quantitative estimate of drug-likeness (QED) is 0.505. The molecule has 0 aliphatic carbocycles. The maximum atomic E-state index is 11.8. The van der Waals surface area contributed by atoms with Crippen LogP contribution in [0.1, 0.15) is 15.9 Å². The number of nitro groups is 1. The van der Waals surface area contributed by atoms with Crippen LogP contribution in [-0.2, 0) is 0 Å². The highest BCUT2D eigenvalue weighted by molar-refractivity contribution is 5.99. The van der Waals surface area contributed by atoms with Crippen LogP contribution >= 0.6 is 0 Å². The Bertz CT molecular complexity index is 461. The predicted molar refractivity (Wildman–Crippen MR) is 63.3 cm³/mol. The number of nitrogens with zero attached hydrogens (tertiary/aromatic N) is 1. The van der Waals surface area contributed by atoms with Crippen molar-refractivity contribution in [3.63, 3.8) is 0 Å². The van der Waals surface area contributed by atoms with Gasteiger partial charge in [0.25, 0.3) is 11.6 Å². The van der Waals surface area contributed by atoms with Crippen LogP contribution in [0.3, 0.4) is 0 Å². The van der Waals surface area contributed by atoms with Crippen LogP contribution < -0.4 is 5.32 Å².